The summed E-state index contributed by atoms with van der Waals surface area (Å²) in [7, 11) is 0. The predicted molar refractivity (Wildman–Crippen MR) is 86.9 cm³/mol. The van der Waals surface area contributed by atoms with Gasteiger partial charge in [-0.15, -0.1) is 0 Å². The van der Waals surface area contributed by atoms with E-state index in [4.69, 9.17) is 10.00 Å². The molecule has 6 nitrogen and oxygen atoms in total. The summed E-state index contributed by atoms with van der Waals surface area (Å²) in [5.41, 5.74) is -0.438. The van der Waals surface area contributed by atoms with Gasteiger partial charge in [0.05, 0.1) is 17.2 Å². The van der Waals surface area contributed by atoms with E-state index in [1.165, 1.54) is 6.07 Å². The van der Waals surface area contributed by atoms with Crippen LogP contribution in [-0.4, -0.2) is 29.7 Å². The molecule has 0 bridgehead atoms. The summed E-state index contributed by atoms with van der Waals surface area (Å²) in [6, 6.07) is 8.42. The van der Waals surface area contributed by atoms with Crippen LogP contribution in [0.4, 0.5) is 4.79 Å². The zero-order chi connectivity index (χ0) is 17.7. The van der Waals surface area contributed by atoms with Gasteiger partial charge >= 0.3 is 6.09 Å². The monoisotopic (exact) mass is 317 g/mol. The van der Waals surface area contributed by atoms with Crippen LogP contribution in [0, 0.1) is 11.3 Å². The molecule has 0 atom stereocenters. The first-order valence-electron chi connectivity index (χ1n) is 7.32. The van der Waals surface area contributed by atoms with Crippen LogP contribution in [0.2, 0.25) is 0 Å². The van der Waals surface area contributed by atoms with Gasteiger partial charge in [-0.2, -0.15) is 5.26 Å². The van der Waals surface area contributed by atoms with Gasteiger partial charge in [0, 0.05) is 12.1 Å². The van der Waals surface area contributed by atoms with Crippen molar-refractivity contribution in [2.45, 2.75) is 45.8 Å². The highest BCUT2D eigenvalue weighted by Crippen LogP contribution is 2.09. The Morgan fingerprint density at radius 2 is 1.87 bits per heavy atom. The third-order valence-electron chi connectivity index (χ3n) is 2.78. The van der Waals surface area contributed by atoms with Crippen LogP contribution in [0.25, 0.3) is 0 Å². The Morgan fingerprint density at radius 3 is 2.43 bits per heavy atom. The Labute approximate surface area is 136 Å². The molecule has 0 aliphatic heterocycles. The summed E-state index contributed by atoms with van der Waals surface area (Å²) in [4.78, 5) is 23.9. The maximum absolute atomic E-state index is 12.1. The Hall–Kier alpha value is -2.55. The number of carbonyl (C=O) groups is 2. The van der Waals surface area contributed by atoms with Crippen LogP contribution in [0.3, 0.4) is 0 Å². The molecule has 0 aromatic heterocycles. The quantitative estimate of drug-likeness (QED) is 0.893. The van der Waals surface area contributed by atoms with Gasteiger partial charge in [-0.3, -0.25) is 4.79 Å². The van der Waals surface area contributed by atoms with Gasteiger partial charge in [-0.25, -0.2) is 4.79 Å². The molecule has 0 radical (unpaired) electrons. The predicted octanol–water partition coefficient (Wildman–Crippen LogP) is 2.59. The SMILES string of the molecule is CC(C)(CNC(=O)c1cccc(C#N)c1)NC(=O)OC(C)(C)C. The molecule has 1 aromatic carbocycles. The molecule has 0 saturated carbocycles. The number of nitrogens with zero attached hydrogens (tertiary/aromatic N) is 1. The van der Waals surface area contributed by atoms with E-state index in [2.05, 4.69) is 10.6 Å². The van der Waals surface area contributed by atoms with Crippen LogP contribution < -0.4 is 10.6 Å². The van der Waals surface area contributed by atoms with Crippen LogP contribution in [0.1, 0.15) is 50.5 Å². The number of rotatable bonds is 4. The van der Waals surface area contributed by atoms with Crippen molar-refractivity contribution in [1.82, 2.24) is 10.6 Å². The molecule has 124 valence electrons. The van der Waals surface area contributed by atoms with Gasteiger partial charge < -0.3 is 15.4 Å². The number of hydrogen-bond acceptors (Lipinski definition) is 4. The molecule has 0 aliphatic carbocycles. The highest BCUT2D eigenvalue weighted by Gasteiger charge is 2.25. The summed E-state index contributed by atoms with van der Waals surface area (Å²) in [6.07, 6.45) is -0.539. The number of nitriles is 1. The summed E-state index contributed by atoms with van der Waals surface area (Å²) >= 11 is 0. The first-order chi connectivity index (χ1) is 10.5. The average Bonchev–Trinajstić information content (AvgIpc) is 2.42. The third kappa shape index (κ3) is 6.83. The molecule has 0 saturated heterocycles. The van der Waals surface area contributed by atoms with Crippen molar-refractivity contribution in [3.05, 3.63) is 35.4 Å². The molecule has 0 unspecified atom stereocenters. The van der Waals surface area contributed by atoms with E-state index in [1.807, 2.05) is 6.07 Å². The largest absolute Gasteiger partial charge is 0.444 e. The molecule has 0 aliphatic rings. The van der Waals surface area contributed by atoms with Gasteiger partial charge in [-0.05, 0) is 52.8 Å². The second kappa shape index (κ2) is 7.14. The molecule has 1 rings (SSSR count). The maximum Gasteiger partial charge on any atom is 0.408 e. The highest BCUT2D eigenvalue weighted by atomic mass is 16.6. The second-order valence-corrected chi connectivity index (χ2v) is 6.89. The van der Waals surface area contributed by atoms with Crippen LogP contribution in [0.5, 0.6) is 0 Å². The van der Waals surface area contributed by atoms with Gasteiger partial charge in [0.1, 0.15) is 5.60 Å². The minimum Gasteiger partial charge on any atom is -0.444 e. The smallest absolute Gasteiger partial charge is 0.408 e. The van der Waals surface area contributed by atoms with E-state index in [9.17, 15) is 9.59 Å². The Morgan fingerprint density at radius 1 is 1.22 bits per heavy atom. The van der Waals surface area contributed by atoms with E-state index in [0.29, 0.717) is 11.1 Å². The van der Waals surface area contributed by atoms with E-state index in [0.717, 1.165) is 0 Å². The van der Waals surface area contributed by atoms with Crippen molar-refractivity contribution >= 4 is 12.0 Å². The lowest BCUT2D eigenvalue weighted by molar-refractivity contribution is 0.0469. The normalized spacial score (nSPS) is 11.3. The van der Waals surface area contributed by atoms with E-state index < -0.39 is 17.2 Å². The molecule has 1 aromatic rings. The summed E-state index contributed by atoms with van der Waals surface area (Å²) in [6.45, 7) is 9.13. The number of carbonyl (C=O) groups excluding carboxylic acids is 2. The molecular weight excluding hydrogens is 294 g/mol. The van der Waals surface area contributed by atoms with Crippen molar-refractivity contribution in [3.8, 4) is 6.07 Å². The van der Waals surface area contributed by atoms with Crippen molar-refractivity contribution in [1.29, 1.82) is 5.26 Å². The average molecular weight is 317 g/mol. The number of nitrogens with one attached hydrogen (secondary N) is 2. The van der Waals surface area contributed by atoms with Crippen molar-refractivity contribution in [3.63, 3.8) is 0 Å². The molecule has 23 heavy (non-hydrogen) atoms. The Balaban J connectivity index is 2.60. The number of ether oxygens (including phenoxy) is 1. The van der Waals surface area contributed by atoms with Crippen LogP contribution >= 0.6 is 0 Å². The zero-order valence-corrected chi connectivity index (χ0v) is 14.2. The van der Waals surface area contributed by atoms with E-state index >= 15 is 0 Å². The van der Waals surface area contributed by atoms with Crippen molar-refractivity contribution < 1.29 is 14.3 Å². The molecule has 2 N–H and O–H groups in total. The van der Waals surface area contributed by atoms with E-state index in [1.54, 1.807) is 52.8 Å². The lowest BCUT2D eigenvalue weighted by Gasteiger charge is -2.28. The van der Waals surface area contributed by atoms with Crippen LogP contribution in [-0.2, 0) is 4.74 Å². The standard InChI is InChI=1S/C17H23N3O3/c1-16(2,3)23-15(22)20-17(4,5)11-19-14(21)13-8-6-7-12(9-13)10-18/h6-9H,11H2,1-5H3,(H,19,21)(H,20,22). The summed E-state index contributed by atoms with van der Waals surface area (Å²) in [5.74, 6) is -0.304. The lowest BCUT2D eigenvalue weighted by atomic mass is 10.1. The fraction of sp³-hybridized carbons (Fsp3) is 0.471. The fourth-order valence-electron chi connectivity index (χ4n) is 1.76. The van der Waals surface area contributed by atoms with Gasteiger partial charge in [0.25, 0.3) is 5.91 Å². The Bertz CT molecular complexity index is 625. The molecule has 0 heterocycles. The highest BCUT2D eigenvalue weighted by molar-refractivity contribution is 5.94. The van der Waals surface area contributed by atoms with Gasteiger partial charge in [0.2, 0.25) is 0 Å². The minimum absolute atomic E-state index is 0.224. The first-order valence-corrected chi connectivity index (χ1v) is 7.32. The van der Waals surface area contributed by atoms with Gasteiger partial charge in [0.15, 0.2) is 0 Å². The Kier molecular flexibility index (Phi) is 5.74. The maximum atomic E-state index is 12.1. The summed E-state index contributed by atoms with van der Waals surface area (Å²) < 4.78 is 5.20. The molecule has 2 amide bonds. The van der Waals surface area contributed by atoms with Crippen molar-refractivity contribution in [2.75, 3.05) is 6.54 Å². The van der Waals surface area contributed by atoms with Crippen molar-refractivity contribution in [2.24, 2.45) is 0 Å². The minimum atomic E-state index is -0.676. The summed E-state index contributed by atoms with van der Waals surface area (Å²) in [5, 5.41) is 14.3. The van der Waals surface area contributed by atoms with Crippen LogP contribution in [0.15, 0.2) is 24.3 Å². The first kappa shape index (κ1) is 18.5. The number of amides is 2. The van der Waals surface area contributed by atoms with Gasteiger partial charge in [-0.1, -0.05) is 6.07 Å². The number of benzene rings is 1. The topological polar surface area (TPSA) is 91.2 Å². The number of alkyl carbamates (subject to hydrolysis) is 1. The number of hydrogen-bond donors (Lipinski definition) is 2. The second-order valence-electron chi connectivity index (χ2n) is 6.89. The molecule has 0 spiro atoms. The van der Waals surface area contributed by atoms with E-state index in [-0.39, 0.29) is 12.5 Å². The third-order valence-corrected chi connectivity index (χ3v) is 2.78. The molecule has 0 fully saturated rings. The zero-order valence-electron chi connectivity index (χ0n) is 14.2. The molecule has 6 heteroatoms. The lowest BCUT2D eigenvalue weighted by Crippen LogP contribution is -2.52. The molecular formula is C17H23N3O3. The fourth-order valence-corrected chi connectivity index (χ4v) is 1.76.